The first-order valence-electron chi connectivity index (χ1n) is 6.11. The molecule has 0 aliphatic rings. The van der Waals surface area contributed by atoms with Gasteiger partial charge in [0.25, 0.3) is 0 Å². The van der Waals surface area contributed by atoms with Gasteiger partial charge in [-0.05, 0) is 6.07 Å². The van der Waals surface area contributed by atoms with E-state index < -0.39 is 0 Å². The van der Waals surface area contributed by atoms with Gasteiger partial charge in [0.05, 0.1) is 0 Å². The van der Waals surface area contributed by atoms with Crippen LogP contribution in [0.4, 0.5) is 5.82 Å². The molecule has 1 aromatic carbocycles. The molecule has 0 bridgehead atoms. The Morgan fingerprint density at radius 3 is 2.68 bits per heavy atom. The molecule has 0 unspecified atom stereocenters. The highest BCUT2D eigenvalue weighted by Gasteiger charge is 2.07. The summed E-state index contributed by atoms with van der Waals surface area (Å²) in [5.74, 6) is 1.84. The Kier molecular flexibility index (Phi) is 4.22. The van der Waals surface area contributed by atoms with Crippen molar-refractivity contribution in [2.75, 3.05) is 5.32 Å². The van der Waals surface area contributed by atoms with Gasteiger partial charge < -0.3 is 10.4 Å². The second kappa shape index (κ2) is 5.89. The summed E-state index contributed by atoms with van der Waals surface area (Å²) in [4.78, 5) is 8.56. The van der Waals surface area contributed by atoms with Gasteiger partial charge in [0, 0.05) is 24.1 Å². The summed E-state index contributed by atoms with van der Waals surface area (Å²) in [6, 6.07) is 8.85. The van der Waals surface area contributed by atoms with Gasteiger partial charge in [0.2, 0.25) is 0 Å². The highest BCUT2D eigenvalue weighted by molar-refractivity contribution is 6.29. The molecule has 2 rings (SSSR count). The third-order valence-corrected chi connectivity index (χ3v) is 2.87. The molecule has 4 nitrogen and oxygen atoms in total. The molecule has 2 aromatic rings. The zero-order chi connectivity index (χ0) is 13.8. The fourth-order valence-electron chi connectivity index (χ4n) is 1.63. The topological polar surface area (TPSA) is 58.0 Å². The second-order valence-corrected chi connectivity index (χ2v) is 4.96. The van der Waals surface area contributed by atoms with Crippen LogP contribution in [0, 0.1) is 0 Å². The molecule has 100 valence electrons. The van der Waals surface area contributed by atoms with Crippen molar-refractivity contribution in [3.63, 3.8) is 0 Å². The summed E-state index contributed by atoms with van der Waals surface area (Å²) < 4.78 is 0. The largest absolute Gasteiger partial charge is 0.508 e. The molecule has 0 atom stereocenters. The van der Waals surface area contributed by atoms with Crippen molar-refractivity contribution < 1.29 is 5.11 Å². The number of halogens is 1. The standard InChI is InChI=1S/C14H16ClN3O/c1-9(2)14-17-12(15)7-13(18-14)16-8-10-5-3-4-6-11(10)19/h3-7,9,19H,8H2,1-2H3,(H,16,17,18). The van der Waals surface area contributed by atoms with Crippen LogP contribution < -0.4 is 5.32 Å². The first-order chi connectivity index (χ1) is 9.06. The van der Waals surface area contributed by atoms with E-state index in [9.17, 15) is 5.11 Å². The van der Waals surface area contributed by atoms with Crippen molar-refractivity contribution in [1.29, 1.82) is 0 Å². The average Bonchev–Trinajstić information content (AvgIpc) is 2.37. The van der Waals surface area contributed by atoms with Crippen LogP contribution in [0.3, 0.4) is 0 Å². The minimum Gasteiger partial charge on any atom is -0.508 e. The Hall–Kier alpha value is -1.81. The molecule has 0 radical (unpaired) electrons. The van der Waals surface area contributed by atoms with E-state index in [1.165, 1.54) is 0 Å². The number of nitrogens with zero attached hydrogens (tertiary/aromatic N) is 2. The molecule has 0 spiro atoms. The first kappa shape index (κ1) is 13.6. The van der Waals surface area contributed by atoms with Gasteiger partial charge in [-0.2, -0.15) is 0 Å². The van der Waals surface area contributed by atoms with Crippen LogP contribution in [0.15, 0.2) is 30.3 Å². The number of hydrogen-bond donors (Lipinski definition) is 2. The zero-order valence-corrected chi connectivity index (χ0v) is 11.6. The lowest BCUT2D eigenvalue weighted by Crippen LogP contribution is -2.05. The molecular formula is C14H16ClN3O. The van der Waals surface area contributed by atoms with Gasteiger partial charge in [0.15, 0.2) is 0 Å². The molecule has 1 aromatic heterocycles. The van der Waals surface area contributed by atoms with E-state index in [4.69, 9.17) is 11.6 Å². The summed E-state index contributed by atoms with van der Waals surface area (Å²) in [6.45, 7) is 4.51. The van der Waals surface area contributed by atoms with E-state index in [0.717, 1.165) is 5.56 Å². The van der Waals surface area contributed by atoms with Crippen LogP contribution in [-0.2, 0) is 6.54 Å². The van der Waals surface area contributed by atoms with E-state index in [1.54, 1.807) is 18.2 Å². The first-order valence-corrected chi connectivity index (χ1v) is 6.49. The summed E-state index contributed by atoms with van der Waals surface area (Å²) in [5, 5.41) is 13.2. The Bertz CT molecular complexity index is 572. The third-order valence-electron chi connectivity index (χ3n) is 2.68. The van der Waals surface area contributed by atoms with E-state index in [-0.39, 0.29) is 11.7 Å². The maximum atomic E-state index is 9.69. The van der Waals surface area contributed by atoms with Crippen LogP contribution in [-0.4, -0.2) is 15.1 Å². The van der Waals surface area contributed by atoms with Crippen molar-refractivity contribution in [2.45, 2.75) is 26.3 Å². The van der Waals surface area contributed by atoms with E-state index >= 15 is 0 Å². The van der Waals surface area contributed by atoms with Gasteiger partial charge in [-0.3, -0.25) is 0 Å². The quantitative estimate of drug-likeness (QED) is 0.839. The highest BCUT2D eigenvalue weighted by Crippen LogP contribution is 2.20. The number of aromatic hydroxyl groups is 1. The fraction of sp³-hybridized carbons (Fsp3) is 0.286. The van der Waals surface area contributed by atoms with Gasteiger partial charge in [-0.25, -0.2) is 9.97 Å². The van der Waals surface area contributed by atoms with Gasteiger partial charge in [0.1, 0.15) is 22.5 Å². The smallest absolute Gasteiger partial charge is 0.135 e. The van der Waals surface area contributed by atoms with E-state index in [2.05, 4.69) is 15.3 Å². The molecule has 0 amide bonds. The number of para-hydroxylation sites is 1. The van der Waals surface area contributed by atoms with E-state index in [1.807, 2.05) is 26.0 Å². The van der Waals surface area contributed by atoms with Crippen LogP contribution in [0.1, 0.15) is 31.2 Å². The third kappa shape index (κ3) is 3.58. The summed E-state index contributed by atoms with van der Waals surface area (Å²) in [5.41, 5.74) is 0.809. The minimum absolute atomic E-state index is 0.212. The number of rotatable bonds is 4. The zero-order valence-electron chi connectivity index (χ0n) is 10.9. The molecule has 1 heterocycles. The van der Waals surface area contributed by atoms with Crippen molar-refractivity contribution in [3.05, 3.63) is 46.9 Å². The van der Waals surface area contributed by atoms with Crippen LogP contribution in [0.5, 0.6) is 5.75 Å². The predicted molar refractivity (Wildman–Crippen MR) is 76.6 cm³/mol. The average molecular weight is 278 g/mol. The monoisotopic (exact) mass is 277 g/mol. The second-order valence-electron chi connectivity index (χ2n) is 4.57. The molecule has 0 aliphatic carbocycles. The minimum atomic E-state index is 0.212. The number of phenols is 1. The maximum absolute atomic E-state index is 9.69. The van der Waals surface area contributed by atoms with Crippen molar-refractivity contribution in [1.82, 2.24) is 9.97 Å². The molecule has 19 heavy (non-hydrogen) atoms. The Balaban J connectivity index is 2.14. The number of anilines is 1. The van der Waals surface area contributed by atoms with Crippen LogP contribution >= 0.6 is 11.6 Å². The molecule has 0 saturated heterocycles. The number of hydrogen-bond acceptors (Lipinski definition) is 4. The number of nitrogens with one attached hydrogen (secondary N) is 1. The van der Waals surface area contributed by atoms with E-state index in [0.29, 0.717) is 23.3 Å². The van der Waals surface area contributed by atoms with Crippen LogP contribution in [0.25, 0.3) is 0 Å². The molecule has 0 saturated carbocycles. The highest BCUT2D eigenvalue weighted by atomic mass is 35.5. The Morgan fingerprint density at radius 2 is 2.00 bits per heavy atom. The molecule has 0 fully saturated rings. The van der Waals surface area contributed by atoms with Crippen molar-refractivity contribution in [3.8, 4) is 5.75 Å². The SMILES string of the molecule is CC(C)c1nc(Cl)cc(NCc2ccccc2O)n1. The molecule has 0 aliphatic heterocycles. The lowest BCUT2D eigenvalue weighted by molar-refractivity contribution is 0.469. The molecule has 5 heteroatoms. The number of aromatic nitrogens is 2. The Labute approximate surface area is 117 Å². The number of phenolic OH excluding ortho intramolecular Hbond substituents is 1. The van der Waals surface area contributed by atoms with Crippen LogP contribution in [0.2, 0.25) is 5.15 Å². The lowest BCUT2D eigenvalue weighted by atomic mass is 10.2. The van der Waals surface area contributed by atoms with Gasteiger partial charge in [-0.1, -0.05) is 43.6 Å². The normalized spacial score (nSPS) is 10.7. The lowest BCUT2D eigenvalue weighted by Gasteiger charge is -2.10. The van der Waals surface area contributed by atoms with Gasteiger partial charge in [-0.15, -0.1) is 0 Å². The van der Waals surface area contributed by atoms with Gasteiger partial charge >= 0.3 is 0 Å². The maximum Gasteiger partial charge on any atom is 0.135 e. The summed E-state index contributed by atoms with van der Waals surface area (Å²) in [6.07, 6.45) is 0. The Morgan fingerprint density at radius 1 is 1.26 bits per heavy atom. The van der Waals surface area contributed by atoms with Crippen molar-refractivity contribution in [2.24, 2.45) is 0 Å². The van der Waals surface area contributed by atoms with Crippen molar-refractivity contribution >= 4 is 17.4 Å². The molecule has 2 N–H and O–H groups in total. The summed E-state index contributed by atoms with van der Waals surface area (Å²) in [7, 11) is 0. The number of benzene rings is 1. The fourth-order valence-corrected chi connectivity index (χ4v) is 1.82. The predicted octanol–water partition coefficient (Wildman–Crippen LogP) is 3.57. The summed E-state index contributed by atoms with van der Waals surface area (Å²) >= 11 is 5.97. The molecular weight excluding hydrogens is 262 g/mol.